The monoisotopic (exact) mass is 570 g/mol. The van der Waals surface area contributed by atoms with E-state index in [1.807, 2.05) is 39.0 Å². The molecule has 0 bridgehead atoms. The molecule has 1 N–H and O–H groups in total. The smallest absolute Gasteiger partial charge is 0.261 e. The lowest BCUT2D eigenvalue weighted by molar-refractivity contribution is -0.142. The van der Waals surface area contributed by atoms with E-state index >= 15 is 0 Å². The Hall–Kier alpha value is -1.76. The second-order valence-electron chi connectivity index (χ2n) is 10.4. The van der Waals surface area contributed by atoms with Crippen LogP contribution < -0.4 is 10.1 Å². The first-order valence-corrected chi connectivity index (χ1v) is 12.6. The van der Waals surface area contributed by atoms with Gasteiger partial charge in [-0.25, -0.2) is 0 Å². The van der Waals surface area contributed by atoms with Crippen LogP contribution in [0.2, 0.25) is 10.0 Å². The van der Waals surface area contributed by atoms with E-state index in [1.165, 1.54) is 4.90 Å². The maximum absolute atomic E-state index is 13.3. The summed E-state index contributed by atoms with van der Waals surface area (Å²) in [4.78, 5) is 27.6. The fraction of sp³-hybridized carbons (Fsp3) is 0.462. The van der Waals surface area contributed by atoms with Gasteiger partial charge >= 0.3 is 0 Å². The van der Waals surface area contributed by atoms with E-state index in [0.29, 0.717) is 21.4 Å². The minimum absolute atomic E-state index is 0.0125. The number of hydrogen-bond acceptors (Lipinski definition) is 3. The molecule has 0 aromatic heterocycles. The summed E-state index contributed by atoms with van der Waals surface area (Å²) in [6.45, 7) is 13.7. The van der Waals surface area contributed by atoms with Gasteiger partial charge in [-0.1, -0.05) is 56.1 Å². The maximum Gasteiger partial charge on any atom is 0.261 e. The van der Waals surface area contributed by atoms with Crippen molar-refractivity contribution >= 4 is 50.9 Å². The Labute approximate surface area is 221 Å². The standard InChI is InChI=1S/C26H33BrCl2N2O3/c1-16(24(33)30-26(5,6)7)31(14-17-8-10-19(28)13-21(17)29)23(32)15-34-22-11-9-18(12-20(22)27)25(2,3)4/h8-13,16H,14-15H2,1-7H3,(H,30,33)/t16-/m0/s1. The van der Waals surface area contributed by atoms with Gasteiger partial charge in [-0.15, -0.1) is 0 Å². The Balaban J connectivity index is 2.25. The van der Waals surface area contributed by atoms with E-state index in [-0.39, 0.29) is 30.4 Å². The number of amides is 2. The van der Waals surface area contributed by atoms with E-state index in [0.717, 1.165) is 10.0 Å². The second kappa shape index (κ2) is 11.3. The number of nitrogens with one attached hydrogen (secondary N) is 1. The Kier molecular flexibility index (Phi) is 9.48. The van der Waals surface area contributed by atoms with Crippen molar-refractivity contribution in [1.29, 1.82) is 0 Å². The van der Waals surface area contributed by atoms with Crippen LogP contribution in [0.1, 0.15) is 59.6 Å². The van der Waals surface area contributed by atoms with Crippen molar-refractivity contribution in [3.05, 3.63) is 62.0 Å². The molecular formula is C26H33BrCl2N2O3. The van der Waals surface area contributed by atoms with Gasteiger partial charge in [0, 0.05) is 22.1 Å². The molecule has 0 aliphatic rings. The molecule has 8 heteroatoms. The molecule has 1 atom stereocenters. The van der Waals surface area contributed by atoms with Crippen molar-refractivity contribution in [2.75, 3.05) is 6.61 Å². The number of rotatable bonds is 7. The molecular weight excluding hydrogens is 539 g/mol. The fourth-order valence-electron chi connectivity index (χ4n) is 3.20. The Morgan fingerprint density at radius 1 is 1.06 bits per heavy atom. The van der Waals surface area contributed by atoms with Gasteiger partial charge in [-0.05, 0) is 84.4 Å². The highest BCUT2D eigenvalue weighted by molar-refractivity contribution is 9.10. The Bertz CT molecular complexity index is 1050. The third-order valence-corrected chi connectivity index (χ3v) is 6.38. The van der Waals surface area contributed by atoms with Gasteiger partial charge in [0.15, 0.2) is 6.61 Å². The van der Waals surface area contributed by atoms with Gasteiger partial charge < -0.3 is 15.0 Å². The normalized spacial score (nSPS) is 12.8. The number of benzene rings is 2. The lowest BCUT2D eigenvalue weighted by atomic mass is 9.87. The quantitative estimate of drug-likeness (QED) is 0.399. The molecule has 2 rings (SSSR count). The molecule has 0 aliphatic carbocycles. The average molecular weight is 572 g/mol. The van der Waals surface area contributed by atoms with Gasteiger partial charge in [-0.3, -0.25) is 9.59 Å². The minimum atomic E-state index is -0.742. The molecule has 2 amide bonds. The van der Waals surface area contributed by atoms with Crippen LogP contribution >= 0.6 is 39.1 Å². The second-order valence-corrected chi connectivity index (χ2v) is 12.1. The molecule has 0 saturated carbocycles. The predicted octanol–water partition coefficient (Wildman–Crippen LogP) is 6.76. The number of ether oxygens (including phenoxy) is 1. The number of carbonyl (C=O) groups is 2. The van der Waals surface area contributed by atoms with E-state index in [9.17, 15) is 9.59 Å². The van der Waals surface area contributed by atoms with Crippen LogP contribution in [0.15, 0.2) is 40.9 Å². The van der Waals surface area contributed by atoms with Crippen molar-refractivity contribution in [2.24, 2.45) is 0 Å². The SMILES string of the molecule is C[C@@H](C(=O)NC(C)(C)C)N(Cc1ccc(Cl)cc1Cl)C(=O)COc1ccc(C(C)(C)C)cc1Br. The molecule has 0 radical (unpaired) electrons. The van der Waals surface area contributed by atoms with Crippen LogP contribution in [0.25, 0.3) is 0 Å². The molecule has 0 unspecified atom stereocenters. The lowest BCUT2D eigenvalue weighted by Gasteiger charge is -2.31. The largest absolute Gasteiger partial charge is 0.483 e. The zero-order valence-corrected chi connectivity index (χ0v) is 23.9. The summed E-state index contributed by atoms with van der Waals surface area (Å²) in [5, 5.41) is 3.86. The van der Waals surface area contributed by atoms with Gasteiger partial charge in [0.2, 0.25) is 5.91 Å². The average Bonchev–Trinajstić information content (AvgIpc) is 2.69. The van der Waals surface area contributed by atoms with Crippen molar-refractivity contribution < 1.29 is 14.3 Å². The van der Waals surface area contributed by atoms with Crippen LogP contribution in [-0.4, -0.2) is 34.9 Å². The number of carbonyl (C=O) groups excluding carboxylic acids is 2. The molecule has 2 aromatic rings. The topological polar surface area (TPSA) is 58.6 Å². The summed E-state index contributed by atoms with van der Waals surface area (Å²) in [6, 6.07) is 10.1. The van der Waals surface area contributed by atoms with Crippen molar-refractivity contribution in [3.8, 4) is 5.75 Å². The molecule has 34 heavy (non-hydrogen) atoms. The van der Waals surface area contributed by atoms with Crippen LogP contribution in [0.3, 0.4) is 0 Å². The minimum Gasteiger partial charge on any atom is -0.483 e. The molecule has 0 spiro atoms. The number of nitrogens with zero attached hydrogens (tertiary/aromatic N) is 1. The van der Waals surface area contributed by atoms with Gasteiger partial charge in [0.05, 0.1) is 4.47 Å². The van der Waals surface area contributed by atoms with Crippen molar-refractivity contribution in [3.63, 3.8) is 0 Å². The molecule has 186 valence electrons. The molecule has 0 saturated heterocycles. The van der Waals surface area contributed by atoms with E-state index in [4.69, 9.17) is 27.9 Å². The van der Waals surface area contributed by atoms with Gasteiger partial charge in [0.25, 0.3) is 5.91 Å². The highest BCUT2D eigenvalue weighted by atomic mass is 79.9. The van der Waals surface area contributed by atoms with E-state index in [2.05, 4.69) is 42.0 Å². The van der Waals surface area contributed by atoms with Crippen LogP contribution in [-0.2, 0) is 21.5 Å². The maximum atomic E-state index is 13.3. The first-order valence-electron chi connectivity index (χ1n) is 11.1. The lowest BCUT2D eigenvalue weighted by Crippen LogP contribution is -2.53. The van der Waals surface area contributed by atoms with Crippen LogP contribution in [0, 0.1) is 0 Å². The van der Waals surface area contributed by atoms with Gasteiger partial charge in [-0.2, -0.15) is 0 Å². The Morgan fingerprint density at radius 2 is 1.71 bits per heavy atom. The van der Waals surface area contributed by atoms with Crippen molar-refractivity contribution in [1.82, 2.24) is 10.2 Å². The predicted molar refractivity (Wildman–Crippen MR) is 143 cm³/mol. The summed E-state index contributed by atoms with van der Waals surface area (Å²) >= 11 is 15.9. The molecule has 0 fully saturated rings. The first kappa shape index (κ1) is 28.5. The highest BCUT2D eigenvalue weighted by Gasteiger charge is 2.29. The summed E-state index contributed by atoms with van der Waals surface area (Å²) in [7, 11) is 0. The number of hydrogen-bond donors (Lipinski definition) is 1. The number of halogens is 3. The molecule has 0 aliphatic heterocycles. The summed E-state index contributed by atoms with van der Waals surface area (Å²) in [5.41, 5.74) is 1.38. The van der Waals surface area contributed by atoms with Crippen LogP contribution in [0.5, 0.6) is 5.75 Å². The molecule has 5 nitrogen and oxygen atoms in total. The highest BCUT2D eigenvalue weighted by Crippen LogP contribution is 2.31. The summed E-state index contributed by atoms with van der Waals surface area (Å²) in [5.74, 6) is -0.0476. The zero-order chi connectivity index (χ0) is 25.8. The van der Waals surface area contributed by atoms with Crippen LogP contribution in [0.4, 0.5) is 0 Å². The third-order valence-electron chi connectivity index (χ3n) is 5.17. The zero-order valence-electron chi connectivity index (χ0n) is 20.8. The van der Waals surface area contributed by atoms with E-state index in [1.54, 1.807) is 25.1 Å². The molecule has 2 aromatic carbocycles. The summed E-state index contributed by atoms with van der Waals surface area (Å²) in [6.07, 6.45) is 0. The van der Waals surface area contributed by atoms with Crippen molar-refractivity contribution in [2.45, 2.75) is 72.0 Å². The Morgan fingerprint density at radius 3 is 2.24 bits per heavy atom. The molecule has 0 heterocycles. The van der Waals surface area contributed by atoms with Gasteiger partial charge in [0.1, 0.15) is 11.8 Å². The third kappa shape index (κ3) is 8.17. The summed E-state index contributed by atoms with van der Waals surface area (Å²) < 4.78 is 6.60. The van der Waals surface area contributed by atoms with E-state index < -0.39 is 11.6 Å². The fourth-order valence-corrected chi connectivity index (χ4v) is 4.16. The first-order chi connectivity index (χ1) is 15.6.